The number of nitrogens with one attached hydrogen (secondary N) is 1. The molecule has 0 bridgehead atoms. The molecule has 0 saturated heterocycles. The molecule has 0 fully saturated rings. The van der Waals surface area contributed by atoms with Crippen LogP contribution in [0.4, 0.5) is 10.5 Å². The van der Waals surface area contributed by atoms with Crippen LogP contribution in [0.3, 0.4) is 0 Å². The number of halogens is 1. The van der Waals surface area contributed by atoms with Crippen LogP contribution in [-0.2, 0) is 41.2 Å². The summed E-state index contributed by atoms with van der Waals surface area (Å²) in [4.78, 5) is 12.7. The Labute approximate surface area is 179 Å². The molecule has 1 aromatic carbocycles. The number of carbonyl (C=O) groups is 1. The fourth-order valence-corrected chi connectivity index (χ4v) is 6.82. The van der Waals surface area contributed by atoms with Crippen molar-refractivity contribution in [2.75, 3.05) is 5.32 Å². The summed E-state index contributed by atoms with van der Waals surface area (Å²) in [6.45, 7) is 3.26. The number of fused-ring (bicyclic) bond motifs is 2. The molecule has 2 aromatic rings. The van der Waals surface area contributed by atoms with Gasteiger partial charge in [-0.2, -0.15) is 0 Å². The van der Waals surface area contributed by atoms with Crippen LogP contribution in [0.15, 0.2) is 20.0 Å². The second kappa shape index (κ2) is 7.35. The van der Waals surface area contributed by atoms with Crippen molar-refractivity contribution in [3.05, 3.63) is 44.3 Å². The van der Waals surface area contributed by atoms with Gasteiger partial charge in [-0.25, -0.2) is 14.1 Å². The maximum Gasteiger partial charge on any atom is 0.354 e. The van der Waals surface area contributed by atoms with Crippen molar-refractivity contribution in [2.24, 2.45) is 9.50 Å². The molecular formula is C20H24ClN3O3S2. The van der Waals surface area contributed by atoms with Crippen molar-refractivity contribution in [2.45, 2.75) is 62.2 Å². The molecule has 0 saturated carbocycles. The standard InChI is InChI=1S/C20H24ClN3O3S2/c1-20(2,26)11-9-16(28-10-11)29(22,27)24-19(25)23-18-14-7-3-5-12(14)17(21)13-6-4-8-15(13)18/h9-10,26H,3-8H2,1-2H3,(H3,22,23,24,25,27). The predicted molar refractivity (Wildman–Crippen MR) is 117 cm³/mol. The van der Waals surface area contributed by atoms with E-state index in [0.29, 0.717) is 5.56 Å². The number of aliphatic hydroxyl groups is 1. The third kappa shape index (κ3) is 3.84. The lowest BCUT2D eigenvalue weighted by Gasteiger charge is -2.17. The topological polar surface area (TPSA) is 105 Å². The van der Waals surface area contributed by atoms with Gasteiger partial charge in [0, 0.05) is 10.7 Å². The Morgan fingerprint density at radius 2 is 1.76 bits per heavy atom. The molecule has 1 heterocycles. The highest BCUT2D eigenvalue weighted by atomic mass is 35.5. The van der Waals surface area contributed by atoms with E-state index < -0.39 is 21.5 Å². The van der Waals surface area contributed by atoms with Crippen LogP contribution in [-0.4, -0.2) is 15.3 Å². The van der Waals surface area contributed by atoms with Gasteiger partial charge in [-0.15, -0.1) is 15.7 Å². The molecule has 1 aromatic heterocycles. The number of urea groups is 1. The molecule has 0 radical (unpaired) electrons. The van der Waals surface area contributed by atoms with E-state index in [-0.39, 0.29) is 4.21 Å². The lowest BCUT2D eigenvalue weighted by Crippen LogP contribution is -2.18. The quantitative estimate of drug-likeness (QED) is 0.635. The molecule has 2 aliphatic rings. The van der Waals surface area contributed by atoms with Crippen molar-refractivity contribution in [1.82, 2.24) is 0 Å². The second-order valence-corrected chi connectivity index (χ2v) is 11.4. The van der Waals surface area contributed by atoms with E-state index in [1.807, 2.05) is 0 Å². The number of hydrogen-bond acceptors (Lipinski definition) is 4. The second-order valence-electron chi connectivity index (χ2n) is 8.11. The minimum atomic E-state index is -3.41. The van der Waals surface area contributed by atoms with Gasteiger partial charge in [0.15, 0.2) is 9.92 Å². The first kappa shape index (κ1) is 20.8. The summed E-state index contributed by atoms with van der Waals surface area (Å²) in [5.74, 6) is 0. The molecule has 1 unspecified atom stereocenters. The summed E-state index contributed by atoms with van der Waals surface area (Å²) in [6.07, 6.45) is 5.53. The van der Waals surface area contributed by atoms with E-state index in [4.69, 9.17) is 16.7 Å². The zero-order chi connectivity index (χ0) is 21.0. The monoisotopic (exact) mass is 453 g/mol. The minimum absolute atomic E-state index is 0.260. The molecule has 4 rings (SSSR count). The largest absolute Gasteiger partial charge is 0.386 e. The Morgan fingerprint density at radius 3 is 2.28 bits per heavy atom. The van der Waals surface area contributed by atoms with Gasteiger partial charge >= 0.3 is 6.03 Å². The van der Waals surface area contributed by atoms with Crippen LogP contribution in [0.2, 0.25) is 5.02 Å². The molecule has 4 N–H and O–H groups in total. The molecule has 29 heavy (non-hydrogen) atoms. The zero-order valence-electron chi connectivity index (χ0n) is 16.4. The minimum Gasteiger partial charge on any atom is -0.386 e. The molecular weight excluding hydrogens is 430 g/mol. The van der Waals surface area contributed by atoms with E-state index in [0.717, 1.165) is 82.8 Å². The Hall–Kier alpha value is -1.45. The first-order valence-corrected chi connectivity index (χ1v) is 12.4. The molecule has 0 spiro atoms. The number of anilines is 1. The average molecular weight is 454 g/mol. The molecule has 6 nitrogen and oxygen atoms in total. The van der Waals surface area contributed by atoms with Gasteiger partial charge in [0.05, 0.1) is 5.60 Å². The van der Waals surface area contributed by atoms with Crippen LogP contribution in [0, 0.1) is 0 Å². The average Bonchev–Trinajstić information content (AvgIpc) is 3.37. The Balaban J connectivity index is 1.67. The number of amides is 2. The van der Waals surface area contributed by atoms with E-state index in [2.05, 4.69) is 9.68 Å². The van der Waals surface area contributed by atoms with Gasteiger partial charge in [0.2, 0.25) is 0 Å². The highest BCUT2D eigenvalue weighted by Gasteiger charge is 2.29. The van der Waals surface area contributed by atoms with Crippen molar-refractivity contribution >= 4 is 44.6 Å². The number of nitrogens with two attached hydrogens (primary N) is 1. The fraction of sp³-hybridized carbons (Fsp3) is 0.450. The summed E-state index contributed by atoms with van der Waals surface area (Å²) in [5, 5.41) is 21.4. The van der Waals surface area contributed by atoms with Gasteiger partial charge in [-0.1, -0.05) is 11.6 Å². The van der Waals surface area contributed by atoms with Crippen LogP contribution >= 0.6 is 22.9 Å². The van der Waals surface area contributed by atoms with E-state index >= 15 is 0 Å². The first-order valence-electron chi connectivity index (χ1n) is 9.60. The Kier molecular flexibility index (Phi) is 5.28. The zero-order valence-corrected chi connectivity index (χ0v) is 18.8. The highest BCUT2D eigenvalue weighted by Crippen LogP contribution is 2.44. The number of nitrogens with zero attached hydrogens (tertiary/aromatic N) is 1. The number of hydrogen-bond donors (Lipinski definition) is 3. The summed E-state index contributed by atoms with van der Waals surface area (Å²) in [7, 11) is -3.41. The maximum atomic E-state index is 12.9. The summed E-state index contributed by atoms with van der Waals surface area (Å²) in [5.41, 5.74) is 4.65. The third-order valence-corrected chi connectivity index (χ3v) is 8.90. The summed E-state index contributed by atoms with van der Waals surface area (Å²) < 4.78 is 17.0. The summed E-state index contributed by atoms with van der Waals surface area (Å²) >= 11 is 7.73. The molecule has 9 heteroatoms. The number of rotatable bonds is 3. The molecule has 0 aliphatic heterocycles. The lowest BCUT2D eigenvalue weighted by molar-refractivity contribution is 0.0789. The SMILES string of the molecule is CC(C)(O)c1csc(S(N)(=O)=NC(=O)Nc2c3c(c(Cl)c4c2CCC4)CCC3)c1. The van der Waals surface area contributed by atoms with Crippen LogP contribution in [0.25, 0.3) is 0 Å². The Bertz CT molecular complexity index is 1090. The van der Waals surface area contributed by atoms with Gasteiger partial charge in [-0.05, 0) is 91.6 Å². The fourth-order valence-electron chi connectivity index (χ4n) is 4.13. The van der Waals surface area contributed by atoms with Crippen molar-refractivity contribution in [3.8, 4) is 0 Å². The van der Waals surface area contributed by atoms with Gasteiger partial charge < -0.3 is 10.4 Å². The van der Waals surface area contributed by atoms with Crippen molar-refractivity contribution in [3.63, 3.8) is 0 Å². The van der Waals surface area contributed by atoms with E-state index in [9.17, 15) is 14.1 Å². The van der Waals surface area contributed by atoms with Crippen LogP contribution in [0.5, 0.6) is 0 Å². The van der Waals surface area contributed by atoms with Gasteiger partial charge in [0.25, 0.3) is 0 Å². The number of thiophene rings is 1. The molecule has 1 atom stereocenters. The number of benzene rings is 1. The van der Waals surface area contributed by atoms with Crippen LogP contribution in [0.1, 0.15) is 54.5 Å². The summed E-state index contributed by atoms with van der Waals surface area (Å²) in [6, 6.07) is 0.822. The molecule has 2 aliphatic carbocycles. The van der Waals surface area contributed by atoms with Crippen molar-refractivity contribution in [1.29, 1.82) is 0 Å². The first-order chi connectivity index (χ1) is 13.6. The van der Waals surface area contributed by atoms with Crippen LogP contribution < -0.4 is 10.5 Å². The van der Waals surface area contributed by atoms with Crippen molar-refractivity contribution < 1.29 is 14.1 Å². The van der Waals surface area contributed by atoms with E-state index in [1.54, 1.807) is 25.3 Å². The van der Waals surface area contributed by atoms with Gasteiger partial charge in [-0.3, -0.25) is 0 Å². The van der Waals surface area contributed by atoms with E-state index in [1.165, 1.54) is 0 Å². The lowest BCUT2D eigenvalue weighted by atomic mass is 9.98. The molecule has 156 valence electrons. The number of carbonyl (C=O) groups excluding carboxylic acids is 1. The highest BCUT2D eigenvalue weighted by molar-refractivity contribution is 7.93. The predicted octanol–water partition coefficient (Wildman–Crippen LogP) is 4.54. The third-order valence-electron chi connectivity index (χ3n) is 5.59. The Morgan fingerprint density at radius 1 is 1.21 bits per heavy atom. The normalized spacial score (nSPS) is 17.6. The maximum absolute atomic E-state index is 12.9. The molecule has 2 amide bonds. The van der Waals surface area contributed by atoms with Gasteiger partial charge in [0.1, 0.15) is 4.21 Å². The smallest absolute Gasteiger partial charge is 0.354 e.